The van der Waals surface area contributed by atoms with E-state index in [1.54, 1.807) is 11.8 Å². The molecular weight excluding hydrogens is 244 g/mol. The summed E-state index contributed by atoms with van der Waals surface area (Å²) in [7, 11) is 0. The zero-order chi connectivity index (χ0) is 14.3. The van der Waals surface area contributed by atoms with Crippen LogP contribution >= 0.6 is 0 Å². The van der Waals surface area contributed by atoms with Crippen LogP contribution in [-0.2, 0) is 14.3 Å². The molecule has 110 valence electrons. The molecule has 2 atom stereocenters. The molecule has 5 nitrogen and oxygen atoms in total. The standard InChI is InChI=1S/C14H26N2O3/c1-3-19-14(18)12-5-4-8-16(10-12)13(17)7-6-11(2)9-15/h11-12H,3-10,15H2,1-2H3. The maximum atomic E-state index is 12.1. The maximum Gasteiger partial charge on any atom is 0.310 e. The molecule has 0 aromatic carbocycles. The number of hydrogen-bond acceptors (Lipinski definition) is 4. The van der Waals surface area contributed by atoms with Crippen LogP contribution in [-0.4, -0.2) is 43.0 Å². The van der Waals surface area contributed by atoms with Gasteiger partial charge < -0.3 is 15.4 Å². The van der Waals surface area contributed by atoms with Gasteiger partial charge in [0.2, 0.25) is 5.91 Å². The molecule has 1 amide bonds. The Balaban J connectivity index is 2.41. The van der Waals surface area contributed by atoms with Gasteiger partial charge in [0, 0.05) is 19.5 Å². The first-order valence-corrected chi connectivity index (χ1v) is 7.23. The summed E-state index contributed by atoms with van der Waals surface area (Å²) in [5, 5.41) is 0. The van der Waals surface area contributed by atoms with Crippen LogP contribution in [0.1, 0.15) is 39.5 Å². The van der Waals surface area contributed by atoms with Gasteiger partial charge >= 0.3 is 5.97 Å². The van der Waals surface area contributed by atoms with Gasteiger partial charge in [0.05, 0.1) is 12.5 Å². The molecule has 1 aliphatic rings. The molecule has 0 spiro atoms. The first-order chi connectivity index (χ1) is 9.08. The number of carbonyl (C=O) groups is 2. The molecule has 1 saturated heterocycles. The minimum Gasteiger partial charge on any atom is -0.466 e. The van der Waals surface area contributed by atoms with Crippen LogP contribution in [0, 0.1) is 11.8 Å². The second kappa shape index (κ2) is 8.15. The Labute approximate surface area is 115 Å². The summed E-state index contributed by atoms with van der Waals surface area (Å²) in [6, 6.07) is 0. The molecule has 1 aliphatic heterocycles. The molecule has 2 unspecified atom stereocenters. The van der Waals surface area contributed by atoms with Crippen molar-refractivity contribution in [1.29, 1.82) is 0 Å². The number of hydrogen-bond donors (Lipinski definition) is 1. The predicted molar refractivity (Wildman–Crippen MR) is 73.4 cm³/mol. The number of amides is 1. The second-order valence-corrected chi connectivity index (χ2v) is 5.31. The van der Waals surface area contributed by atoms with Gasteiger partial charge in [-0.15, -0.1) is 0 Å². The fourth-order valence-electron chi connectivity index (χ4n) is 2.30. The number of ether oxygens (including phenoxy) is 1. The maximum absolute atomic E-state index is 12.1. The van der Waals surface area contributed by atoms with Crippen LogP contribution in [0.2, 0.25) is 0 Å². The minimum absolute atomic E-state index is 0.134. The van der Waals surface area contributed by atoms with Crippen molar-refractivity contribution in [2.75, 3.05) is 26.2 Å². The fraction of sp³-hybridized carbons (Fsp3) is 0.857. The highest BCUT2D eigenvalue weighted by Gasteiger charge is 2.29. The third-order valence-electron chi connectivity index (χ3n) is 3.65. The first-order valence-electron chi connectivity index (χ1n) is 7.23. The number of piperidine rings is 1. The lowest BCUT2D eigenvalue weighted by atomic mass is 9.97. The van der Waals surface area contributed by atoms with Gasteiger partial charge in [-0.25, -0.2) is 0 Å². The van der Waals surface area contributed by atoms with E-state index >= 15 is 0 Å². The van der Waals surface area contributed by atoms with Crippen molar-refractivity contribution in [1.82, 2.24) is 4.90 Å². The van der Waals surface area contributed by atoms with E-state index in [1.807, 2.05) is 6.92 Å². The SMILES string of the molecule is CCOC(=O)C1CCCN(C(=O)CCC(C)CN)C1. The zero-order valence-electron chi connectivity index (χ0n) is 12.1. The molecule has 1 heterocycles. The first kappa shape index (κ1) is 16.0. The molecule has 2 N–H and O–H groups in total. The molecule has 19 heavy (non-hydrogen) atoms. The monoisotopic (exact) mass is 270 g/mol. The number of likely N-dealkylation sites (tertiary alicyclic amines) is 1. The van der Waals surface area contributed by atoms with E-state index in [0.717, 1.165) is 25.8 Å². The average Bonchev–Trinajstić information content (AvgIpc) is 2.44. The Kier molecular flexibility index (Phi) is 6.84. The Morgan fingerprint density at radius 2 is 2.21 bits per heavy atom. The summed E-state index contributed by atoms with van der Waals surface area (Å²) >= 11 is 0. The largest absolute Gasteiger partial charge is 0.466 e. The Hall–Kier alpha value is -1.10. The Bertz CT molecular complexity index is 307. The van der Waals surface area contributed by atoms with E-state index in [-0.39, 0.29) is 17.8 Å². The van der Waals surface area contributed by atoms with Gasteiger partial charge in [0.25, 0.3) is 0 Å². The van der Waals surface area contributed by atoms with Crippen LogP contribution in [0.3, 0.4) is 0 Å². The molecule has 1 fully saturated rings. The molecule has 0 aromatic rings. The van der Waals surface area contributed by atoms with E-state index in [9.17, 15) is 9.59 Å². The number of carbonyl (C=O) groups excluding carboxylic acids is 2. The summed E-state index contributed by atoms with van der Waals surface area (Å²) in [4.78, 5) is 25.6. The van der Waals surface area contributed by atoms with Gasteiger partial charge in [-0.1, -0.05) is 6.92 Å². The molecule has 1 rings (SSSR count). The van der Waals surface area contributed by atoms with Crippen molar-refractivity contribution >= 4 is 11.9 Å². The highest BCUT2D eigenvalue weighted by Crippen LogP contribution is 2.19. The van der Waals surface area contributed by atoms with Crippen LogP contribution in [0.15, 0.2) is 0 Å². The molecule has 0 aromatic heterocycles. The Morgan fingerprint density at radius 1 is 1.47 bits per heavy atom. The van der Waals surface area contributed by atoms with E-state index < -0.39 is 0 Å². The van der Waals surface area contributed by atoms with Crippen molar-refractivity contribution in [2.24, 2.45) is 17.6 Å². The molecule has 0 aliphatic carbocycles. The molecule has 5 heteroatoms. The van der Waals surface area contributed by atoms with E-state index in [0.29, 0.717) is 32.0 Å². The summed E-state index contributed by atoms with van der Waals surface area (Å²) in [5.41, 5.74) is 5.55. The van der Waals surface area contributed by atoms with Crippen molar-refractivity contribution < 1.29 is 14.3 Å². The molecule has 0 bridgehead atoms. The van der Waals surface area contributed by atoms with Gasteiger partial charge in [-0.2, -0.15) is 0 Å². The van der Waals surface area contributed by atoms with Crippen LogP contribution in [0.25, 0.3) is 0 Å². The third-order valence-corrected chi connectivity index (χ3v) is 3.65. The van der Waals surface area contributed by atoms with Gasteiger partial charge in [0.15, 0.2) is 0 Å². The lowest BCUT2D eigenvalue weighted by molar-refractivity contribution is -0.151. The van der Waals surface area contributed by atoms with Crippen molar-refractivity contribution in [3.8, 4) is 0 Å². The molecular formula is C14H26N2O3. The summed E-state index contributed by atoms with van der Waals surface area (Å²) < 4.78 is 5.03. The van der Waals surface area contributed by atoms with Gasteiger partial charge in [0.1, 0.15) is 0 Å². The van der Waals surface area contributed by atoms with Crippen molar-refractivity contribution in [2.45, 2.75) is 39.5 Å². The van der Waals surface area contributed by atoms with Crippen molar-refractivity contribution in [3.05, 3.63) is 0 Å². The number of nitrogens with two attached hydrogens (primary N) is 1. The topological polar surface area (TPSA) is 72.6 Å². The van der Waals surface area contributed by atoms with E-state index in [1.165, 1.54) is 0 Å². The lowest BCUT2D eigenvalue weighted by Gasteiger charge is -2.31. The third kappa shape index (κ3) is 5.19. The Morgan fingerprint density at radius 3 is 2.84 bits per heavy atom. The fourth-order valence-corrected chi connectivity index (χ4v) is 2.30. The number of esters is 1. The van der Waals surface area contributed by atoms with E-state index in [2.05, 4.69) is 0 Å². The lowest BCUT2D eigenvalue weighted by Crippen LogP contribution is -2.42. The number of nitrogens with zero attached hydrogens (tertiary/aromatic N) is 1. The summed E-state index contributed by atoms with van der Waals surface area (Å²) in [6.07, 6.45) is 3.04. The van der Waals surface area contributed by atoms with Gasteiger partial charge in [-0.05, 0) is 38.6 Å². The highest BCUT2D eigenvalue weighted by atomic mass is 16.5. The van der Waals surface area contributed by atoms with Crippen LogP contribution < -0.4 is 5.73 Å². The highest BCUT2D eigenvalue weighted by molar-refractivity contribution is 5.78. The average molecular weight is 270 g/mol. The smallest absolute Gasteiger partial charge is 0.310 e. The van der Waals surface area contributed by atoms with Crippen molar-refractivity contribution in [3.63, 3.8) is 0 Å². The summed E-state index contributed by atoms with van der Waals surface area (Å²) in [5.74, 6) is 0.184. The van der Waals surface area contributed by atoms with E-state index in [4.69, 9.17) is 10.5 Å². The molecule has 0 saturated carbocycles. The second-order valence-electron chi connectivity index (χ2n) is 5.31. The quantitative estimate of drug-likeness (QED) is 0.735. The van der Waals surface area contributed by atoms with Gasteiger partial charge in [-0.3, -0.25) is 9.59 Å². The zero-order valence-corrected chi connectivity index (χ0v) is 12.1. The molecule has 0 radical (unpaired) electrons. The van der Waals surface area contributed by atoms with Crippen LogP contribution in [0.5, 0.6) is 0 Å². The van der Waals surface area contributed by atoms with Crippen LogP contribution in [0.4, 0.5) is 0 Å². The number of rotatable bonds is 6. The predicted octanol–water partition coefficient (Wildman–Crippen LogP) is 1.16. The summed E-state index contributed by atoms with van der Waals surface area (Å²) in [6.45, 7) is 6.12. The minimum atomic E-state index is -0.171. The normalized spacial score (nSPS) is 21.0.